The molecule has 1 aliphatic rings. The molecule has 0 radical (unpaired) electrons. The number of primary amides is 1. The van der Waals surface area contributed by atoms with E-state index in [-0.39, 0.29) is 43.6 Å². The number of hydrogen-bond acceptors (Lipinski definition) is 8. The predicted molar refractivity (Wildman–Crippen MR) is 199 cm³/mol. The van der Waals surface area contributed by atoms with Crippen LogP contribution in [-0.4, -0.2) is 96.3 Å². The van der Waals surface area contributed by atoms with Crippen LogP contribution in [0.4, 0.5) is 0 Å². The SMILES string of the molecule is CCCN1CCN(Cc2ccc(C(=O)N[C@@H](CCCN=C(N)N)C(=O)NC(CC(=O)NC(Cc3ccsc3)C(N)=O)CC(C)C)cc2)[C@@H](C)C1. The van der Waals surface area contributed by atoms with E-state index >= 15 is 0 Å². The lowest BCUT2D eigenvalue weighted by Crippen LogP contribution is -2.52. The maximum absolute atomic E-state index is 13.7. The molecule has 0 saturated carbocycles. The summed E-state index contributed by atoms with van der Waals surface area (Å²) in [6.45, 7) is 13.8. The fourth-order valence-electron chi connectivity index (χ4n) is 6.24. The number of thiophene rings is 1. The van der Waals surface area contributed by atoms with E-state index in [0.29, 0.717) is 24.4 Å². The number of guanidine groups is 1. The zero-order valence-electron chi connectivity index (χ0n) is 30.0. The van der Waals surface area contributed by atoms with Crippen LogP contribution in [0.2, 0.25) is 0 Å². The van der Waals surface area contributed by atoms with Gasteiger partial charge in [-0.3, -0.25) is 29.1 Å². The zero-order chi connectivity index (χ0) is 36.6. The number of carbonyl (C=O) groups excluding carboxylic acids is 4. The van der Waals surface area contributed by atoms with Crippen molar-refractivity contribution in [1.29, 1.82) is 0 Å². The minimum Gasteiger partial charge on any atom is -0.370 e. The van der Waals surface area contributed by atoms with Gasteiger partial charge in [-0.05, 0) is 85.2 Å². The van der Waals surface area contributed by atoms with E-state index in [0.717, 1.165) is 50.3 Å². The highest BCUT2D eigenvalue weighted by atomic mass is 32.1. The van der Waals surface area contributed by atoms with Crippen LogP contribution in [0, 0.1) is 5.92 Å². The summed E-state index contributed by atoms with van der Waals surface area (Å²) in [7, 11) is 0. The minimum atomic E-state index is -0.897. The Kier molecular flexibility index (Phi) is 16.7. The van der Waals surface area contributed by atoms with Gasteiger partial charge in [0.1, 0.15) is 12.1 Å². The van der Waals surface area contributed by atoms with Crippen molar-refractivity contribution >= 4 is 40.9 Å². The van der Waals surface area contributed by atoms with E-state index in [4.69, 9.17) is 17.2 Å². The fraction of sp³-hybridized carbons (Fsp3) is 0.583. The van der Waals surface area contributed by atoms with Crippen LogP contribution in [0.3, 0.4) is 0 Å². The van der Waals surface area contributed by atoms with Gasteiger partial charge in [-0.2, -0.15) is 11.3 Å². The fourth-order valence-corrected chi connectivity index (χ4v) is 6.92. The van der Waals surface area contributed by atoms with Crippen LogP contribution in [0.5, 0.6) is 0 Å². The summed E-state index contributed by atoms with van der Waals surface area (Å²) >= 11 is 1.49. The molecular weight excluding hydrogens is 655 g/mol. The zero-order valence-corrected chi connectivity index (χ0v) is 30.8. The summed E-state index contributed by atoms with van der Waals surface area (Å²) in [6.07, 6.45) is 2.61. The van der Waals surface area contributed by atoms with Gasteiger partial charge in [-0.15, -0.1) is 0 Å². The van der Waals surface area contributed by atoms with Gasteiger partial charge < -0.3 is 38.1 Å². The Balaban J connectivity index is 1.65. The van der Waals surface area contributed by atoms with Gasteiger partial charge in [-0.25, -0.2) is 0 Å². The monoisotopic (exact) mass is 711 g/mol. The van der Waals surface area contributed by atoms with Crippen LogP contribution >= 0.6 is 11.3 Å². The second kappa shape index (κ2) is 20.6. The summed E-state index contributed by atoms with van der Waals surface area (Å²) in [5.74, 6) is -1.73. The summed E-state index contributed by atoms with van der Waals surface area (Å²) in [6, 6.07) is 7.50. The Hall–Kier alpha value is -4.01. The van der Waals surface area contributed by atoms with E-state index in [1.807, 2.05) is 42.8 Å². The standard InChI is InChI=1S/C36H57N9O4S/c1-5-14-44-15-16-45(25(4)21-44)22-26-8-10-28(11-9-26)34(48)43-30(7-6-13-40-36(38)39)35(49)41-29(18-24(2)3)20-32(46)42-31(33(37)47)19-27-12-17-50-23-27/h8-12,17,23-25,29-31H,5-7,13-16,18-22H2,1-4H3,(H2,37,47)(H,41,49)(H,42,46)(H,43,48)(H4,38,39,40)/t25-,29?,30-,31?/m0/s1. The second-order valence-electron chi connectivity index (χ2n) is 13.7. The largest absolute Gasteiger partial charge is 0.370 e. The predicted octanol–water partition coefficient (Wildman–Crippen LogP) is 1.95. The number of nitrogens with zero attached hydrogens (tertiary/aromatic N) is 3. The van der Waals surface area contributed by atoms with Crippen LogP contribution in [0.15, 0.2) is 46.1 Å². The molecule has 14 heteroatoms. The Labute approximate surface area is 300 Å². The topological polar surface area (TPSA) is 201 Å². The molecule has 0 spiro atoms. The Morgan fingerprint density at radius 1 is 0.980 bits per heavy atom. The van der Waals surface area contributed by atoms with Gasteiger partial charge in [0.2, 0.25) is 17.7 Å². The molecule has 4 amide bonds. The van der Waals surface area contributed by atoms with Gasteiger partial charge in [-0.1, -0.05) is 32.9 Å². The molecule has 276 valence electrons. The molecule has 1 saturated heterocycles. The highest BCUT2D eigenvalue weighted by Crippen LogP contribution is 2.16. The van der Waals surface area contributed by atoms with Crippen molar-refractivity contribution < 1.29 is 19.2 Å². The number of aliphatic imine (C=N–C) groups is 1. The third-order valence-electron chi connectivity index (χ3n) is 8.79. The average Bonchev–Trinajstić information content (AvgIpc) is 3.56. The van der Waals surface area contributed by atoms with Crippen LogP contribution < -0.4 is 33.2 Å². The van der Waals surface area contributed by atoms with E-state index in [2.05, 4.69) is 44.6 Å². The molecule has 2 aromatic rings. The number of rotatable bonds is 20. The Morgan fingerprint density at radius 2 is 1.72 bits per heavy atom. The van der Waals surface area contributed by atoms with Crippen molar-refractivity contribution in [2.75, 3.05) is 32.7 Å². The third-order valence-corrected chi connectivity index (χ3v) is 9.52. The molecule has 2 unspecified atom stereocenters. The summed E-state index contributed by atoms with van der Waals surface area (Å²) in [4.78, 5) is 61.3. The number of benzene rings is 1. The maximum atomic E-state index is 13.7. The first-order chi connectivity index (χ1) is 23.8. The number of piperazine rings is 1. The minimum absolute atomic E-state index is 0.0522. The first-order valence-electron chi connectivity index (χ1n) is 17.7. The molecule has 3 rings (SSSR count). The van der Waals surface area contributed by atoms with Crippen LogP contribution in [0.1, 0.15) is 81.3 Å². The lowest BCUT2D eigenvalue weighted by atomic mass is 9.99. The number of carbonyl (C=O) groups is 4. The number of nitrogens with two attached hydrogens (primary N) is 3. The molecule has 1 fully saturated rings. The molecule has 0 aliphatic carbocycles. The smallest absolute Gasteiger partial charge is 0.251 e. The summed E-state index contributed by atoms with van der Waals surface area (Å²) < 4.78 is 0. The Bertz CT molecular complexity index is 1400. The van der Waals surface area contributed by atoms with E-state index in [9.17, 15) is 19.2 Å². The number of hydrogen-bond donors (Lipinski definition) is 6. The van der Waals surface area contributed by atoms with Crippen molar-refractivity contribution in [3.63, 3.8) is 0 Å². The molecule has 2 heterocycles. The normalized spacial score (nSPS) is 17.0. The lowest BCUT2D eigenvalue weighted by Gasteiger charge is -2.39. The third kappa shape index (κ3) is 14.1. The van der Waals surface area contributed by atoms with Gasteiger partial charge >= 0.3 is 0 Å². The van der Waals surface area contributed by atoms with Crippen molar-refractivity contribution in [2.24, 2.45) is 28.1 Å². The maximum Gasteiger partial charge on any atom is 0.251 e. The van der Waals surface area contributed by atoms with Gasteiger partial charge in [0.15, 0.2) is 5.96 Å². The Morgan fingerprint density at radius 3 is 2.32 bits per heavy atom. The molecule has 4 atom stereocenters. The summed E-state index contributed by atoms with van der Waals surface area (Å²) in [5, 5.41) is 12.4. The summed E-state index contributed by atoms with van der Waals surface area (Å²) in [5.41, 5.74) is 19.0. The molecule has 13 nitrogen and oxygen atoms in total. The molecule has 1 aliphatic heterocycles. The highest BCUT2D eigenvalue weighted by Gasteiger charge is 2.27. The molecular formula is C36H57N9O4S. The second-order valence-corrected chi connectivity index (χ2v) is 14.5. The van der Waals surface area contributed by atoms with Gasteiger partial charge in [0.05, 0.1) is 0 Å². The van der Waals surface area contributed by atoms with E-state index in [1.165, 1.54) is 11.3 Å². The molecule has 9 N–H and O–H groups in total. The van der Waals surface area contributed by atoms with E-state index < -0.39 is 35.8 Å². The molecule has 1 aromatic carbocycles. The lowest BCUT2D eigenvalue weighted by molar-refractivity contribution is -0.128. The van der Waals surface area contributed by atoms with Crippen molar-refractivity contribution in [3.8, 4) is 0 Å². The van der Waals surface area contributed by atoms with Crippen molar-refractivity contribution in [3.05, 3.63) is 57.8 Å². The first-order valence-corrected chi connectivity index (χ1v) is 18.6. The first kappa shape index (κ1) is 40.4. The van der Waals surface area contributed by atoms with Crippen LogP contribution in [-0.2, 0) is 27.3 Å². The van der Waals surface area contributed by atoms with E-state index in [1.54, 1.807) is 12.1 Å². The quantitative estimate of drug-likeness (QED) is 0.0680. The average molecular weight is 712 g/mol. The highest BCUT2D eigenvalue weighted by molar-refractivity contribution is 7.07. The van der Waals surface area contributed by atoms with Crippen molar-refractivity contribution in [2.45, 2.75) is 96.9 Å². The van der Waals surface area contributed by atoms with Crippen molar-refractivity contribution in [1.82, 2.24) is 25.8 Å². The molecule has 50 heavy (non-hydrogen) atoms. The molecule has 0 bridgehead atoms. The molecule has 1 aromatic heterocycles. The number of nitrogens with one attached hydrogen (secondary N) is 3. The van der Waals surface area contributed by atoms with Crippen LogP contribution in [0.25, 0.3) is 0 Å². The van der Waals surface area contributed by atoms with Gasteiger partial charge in [0, 0.05) is 63.2 Å². The van der Waals surface area contributed by atoms with Gasteiger partial charge in [0.25, 0.3) is 5.91 Å². The number of amides is 4.